The highest BCUT2D eigenvalue weighted by atomic mass is 16.2. The molecule has 3 heterocycles. The monoisotopic (exact) mass is 371 g/mol. The summed E-state index contributed by atoms with van der Waals surface area (Å²) in [6.45, 7) is 12.3. The van der Waals surface area contributed by atoms with Crippen LogP contribution in [0.5, 0.6) is 0 Å². The van der Waals surface area contributed by atoms with Crippen LogP contribution in [0.1, 0.15) is 42.9 Å². The van der Waals surface area contributed by atoms with Gasteiger partial charge < -0.3 is 9.80 Å². The summed E-state index contributed by atoms with van der Waals surface area (Å²) in [5, 5.41) is 4.49. The standard InChI is InChI=1S/C20H29N5O2/c1-13(2)20(27)24-10-8-23(9-11-24)19(26)7-6-17-15(4)21-18-12-14(3)22-25(18)16(17)5/h12-13H,6-11H2,1-5H3. The van der Waals surface area contributed by atoms with Crippen LogP contribution in [0.3, 0.4) is 0 Å². The summed E-state index contributed by atoms with van der Waals surface area (Å²) in [6.07, 6.45) is 1.11. The molecular formula is C20H29N5O2. The van der Waals surface area contributed by atoms with Gasteiger partial charge in [-0.15, -0.1) is 0 Å². The van der Waals surface area contributed by atoms with E-state index in [1.807, 2.05) is 55.0 Å². The third-order valence-corrected chi connectivity index (χ3v) is 5.31. The van der Waals surface area contributed by atoms with E-state index in [-0.39, 0.29) is 17.7 Å². The number of rotatable bonds is 4. The van der Waals surface area contributed by atoms with E-state index in [4.69, 9.17) is 0 Å². The second-order valence-corrected chi connectivity index (χ2v) is 7.68. The lowest BCUT2D eigenvalue weighted by Gasteiger charge is -2.35. The van der Waals surface area contributed by atoms with Gasteiger partial charge in [0.05, 0.1) is 5.69 Å². The molecule has 2 amide bonds. The van der Waals surface area contributed by atoms with Gasteiger partial charge >= 0.3 is 0 Å². The van der Waals surface area contributed by atoms with Crippen molar-refractivity contribution in [2.24, 2.45) is 5.92 Å². The molecule has 7 heteroatoms. The number of carbonyl (C=O) groups excluding carboxylic acids is 2. The highest BCUT2D eigenvalue weighted by Gasteiger charge is 2.25. The number of hydrogen-bond donors (Lipinski definition) is 0. The van der Waals surface area contributed by atoms with Gasteiger partial charge in [0.25, 0.3) is 0 Å². The number of fused-ring (bicyclic) bond motifs is 1. The summed E-state index contributed by atoms with van der Waals surface area (Å²) < 4.78 is 1.86. The van der Waals surface area contributed by atoms with Crippen molar-refractivity contribution < 1.29 is 9.59 Å². The van der Waals surface area contributed by atoms with Crippen LogP contribution in [0.25, 0.3) is 5.65 Å². The Morgan fingerprint density at radius 1 is 1.07 bits per heavy atom. The minimum absolute atomic E-state index is 0.00607. The molecule has 0 aromatic carbocycles. The van der Waals surface area contributed by atoms with Crippen LogP contribution in [-0.2, 0) is 16.0 Å². The SMILES string of the molecule is Cc1cc2nc(C)c(CCC(=O)N3CCN(C(=O)C(C)C)CC3)c(C)n2n1. The average Bonchev–Trinajstić information content (AvgIpc) is 3.01. The predicted octanol–water partition coefficient (Wildman–Crippen LogP) is 1.91. The lowest BCUT2D eigenvalue weighted by molar-refractivity contribution is -0.141. The molecule has 0 saturated carbocycles. The van der Waals surface area contributed by atoms with E-state index >= 15 is 0 Å². The first kappa shape index (κ1) is 19.3. The summed E-state index contributed by atoms with van der Waals surface area (Å²) in [4.78, 5) is 33.1. The molecule has 3 rings (SSSR count). The minimum atomic E-state index is 0.00607. The van der Waals surface area contributed by atoms with Gasteiger partial charge in [0.2, 0.25) is 11.8 Å². The molecule has 1 aliphatic heterocycles. The Morgan fingerprint density at radius 3 is 2.33 bits per heavy atom. The van der Waals surface area contributed by atoms with Crippen molar-refractivity contribution in [2.45, 2.75) is 47.5 Å². The van der Waals surface area contributed by atoms with Crippen LogP contribution >= 0.6 is 0 Å². The molecule has 7 nitrogen and oxygen atoms in total. The van der Waals surface area contributed by atoms with E-state index < -0.39 is 0 Å². The first-order valence-electron chi connectivity index (χ1n) is 9.67. The molecule has 2 aromatic rings. The van der Waals surface area contributed by atoms with Crippen LogP contribution < -0.4 is 0 Å². The van der Waals surface area contributed by atoms with Gasteiger partial charge in [-0.25, -0.2) is 9.50 Å². The lowest BCUT2D eigenvalue weighted by Crippen LogP contribution is -2.51. The number of aryl methyl sites for hydroxylation is 3. The van der Waals surface area contributed by atoms with Gasteiger partial charge in [-0.1, -0.05) is 13.8 Å². The average molecular weight is 371 g/mol. The van der Waals surface area contributed by atoms with Crippen molar-refractivity contribution in [2.75, 3.05) is 26.2 Å². The molecule has 0 atom stereocenters. The third-order valence-electron chi connectivity index (χ3n) is 5.31. The molecule has 27 heavy (non-hydrogen) atoms. The van der Waals surface area contributed by atoms with Crippen molar-refractivity contribution >= 4 is 17.5 Å². The molecule has 1 aliphatic rings. The quantitative estimate of drug-likeness (QED) is 0.823. The molecule has 0 N–H and O–H groups in total. The summed E-state index contributed by atoms with van der Waals surface area (Å²) in [6, 6.07) is 1.97. The fraction of sp³-hybridized carbons (Fsp3) is 0.600. The van der Waals surface area contributed by atoms with Gasteiger partial charge in [-0.2, -0.15) is 5.10 Å². The summed E-state index contributed by atoms with van der Waals surface area (Å²) in [5.41, 5.74) is 4.88. The van der Waals surface area contributed by atoms with Crippen LogP contribution in [0.15, 0.2) is 6.07 Å². The molecule has 1 fully saturated rings. The van der Waals surface area contributed by atoms with Crippen molar-refractivity contribution in [1.29, 1.82) is 0 Å². The Hall–Kier alpha value is -2.44. The predicted molar refractivity (Wildman–Crippen MR) is 104 cm³/mol. The Labute approximate surface area is 160 Å². The molecule has 2 aromatic heterocycles. The molecule has 146 valence electrons. The van der Waals surface area contributed by atoms with Gasteiger partial charge in [-0.3, -0.25) is 9.59 Å². The van der Waals surface area contributed by atoms with E-state index in [1.54, 1.807) is 0 Å². The number of hydrogen-bond acceptors (Lipinski definition) is 4. The summed E-state index contributed by atoms with van der Waals surface area (Å²) in [5.74, 6) is 0.316. The number of aromatic nitrogens is 3. The van der Waals surface area contributed by atoms with E-state index in [1.165, 1.54) is 0 Å². The van der Waals surface area contributed by atoms with Crippen LogP contribution in [0, 0.1) is 26.7 Å². The fourth-order valence-corrected chi connectivity index (χ4v) is 3.73. The van der Waals surface area contributed by atoms with Gasteiger partial charge in [0.15, 0.2) is 5.65 Å². The van der Waals surface area contributed by atoms with Gasteiger partial charge in [0, 0.05) is 56.0 Å². The first-order valence-corrected chi connectivity index (χ1v) is 9.67. The molecule has 0 radical (unpaired) electrons. The Bertz CT molecular complexity index is 863. The number of piperazine rings is 1. The maximum Gasteiger partial charge on any atom is 0.225 e. The van der Waals surface area contributed by atoms with E-state index in [0.717, 1.165) is 28.3 Å². The summed E-state index contributed by atoms with van der Waals surface area (Å²) >= 11 is 0. The Balaban J connectivity index is 1.62. The smallest absolute Gasteiger partial charge is 0.225 e. The van der Waals surface area contributed by atoms with Crippen LogP contribution in [0.4, 0.5) is 0 Å². The first-order chi connectivity index (χ1) is 12.8. The van der Waals surface area contributed by atoms with Gasteiger partial charge in [0.1, 0.15) is 0 Å². The van der Waals surface area contributed by atoms with E-state index in [0.29, 0.717) is 39.0 Å². The molecule has 0 spiro atoms. The van der Waals surface area contributed by atoms with Crippen molar-refractivity contribution in [3.05, 3.63) is 28.7 Å². The Morgan fingerprint density at radius 2 is 1.70 bits per heavy atom. The molecule has 0 bridgehead atoms. The largest absolute Gasteiger partial charge is 0.339 e. The number of nitrogens with zero attached hydrogens (tertiary/aromatic N) is 5. The highest BCUT2D eigenvalue weighted by Crippen LogP contribution is 2.18. The van der Waals surface area contributed by atoms with Crippen molar-refractivity contribution in [3.8, 4) is 0 Å². The highest BCUT2D eigenvalue weighted by molar-refractivity contribution is 5.79. The fourth-order valence-electron chi connectivity index (χ4n) is 3.73. The zero-order chi connectivity index (χ0) is 19.7. The van der Waals surface area contributed by atoms with Crippen molar-refractivity contribution in [1.82, 2.24) is 24.4 Å². The zero-order valence-electron chi connectivity index (χ0n) is 16.9. The maximum atomic E-state index is 12.7. The topological polar surface area (TPSA) is 70.8 Å². The number of amides is 2. The normalized spacial score (nSPS) is 15.0. The molecule has 0 aliphatic carbocycles. The lowest BCUT2D eigenvalue weighted by atomic mass is 10.1. The molecule has 1 saturated heterocycles. The van der Waals surface area contributed by atoms with E-state index in [2.05, 4.69) is 10.1 Å². The van der Waals surface area contributed by atoms with Crippen molar-refractivity contribution in [3.63, 3.8) is 0 Å². The van der Waals surface area contributed by atoms with Gasteiger partial charge in [-0.05, 0) is 32.8 Å². The Kier molecular flexibility index (Phi) is 5.48. The minimum Gasteiger partial charge on any atom is -0.339 e. The second-order valence-electron chi connectivity index (χ2n) is 7.68. The van der Waals surface area contributed by atoms with Crippen LogP contribution in [-0.4, -0.2) is 62.4 Å². The molecular weight excluding hydrogens is 342 g/mol. The zero-order valence-corrected chi connectivity index (χ0v) is 16.9. The van der Waals surface area contributed by atoms with Crippen LogP contribution in [0.2, 0.25) is 0 Å². The number of carbonyl (C=O) groups is 2. The summed E-state index contributed by atoms with van der Waals surface area (Å²) in [7, 11) is 0. The third kappa shape index (κ3) is 3.96. The maximum absolute atomic E-state index is 12.7. The molecule has 0 unspecified atom stereocenters. The van der Waals surface area contributed by atoms with E-state index in [9.17, 15) is 9.59 Å². The second kappa shape index (κ2) is 7.66.